The van der Waals surface area contributed by atoms with E-state index < -0.39 is 0 Å². The summed E-state index contributed by atoms with van der Waals surface area (Å²) in [6, 6.07) is 1.22. The van der Waals surface area contributed by atoms with Gasteiger partial charge in [-0.15, -0.1) is 11.6 Å². The number of hydrogen-bond donors (Lipinski definition) is 2. The number of H-pyrrole nitrogens is 1. The van der Waals surface area contributed by atoms with Gasteiger partial charge in [-0.2, -0.15) is 0 Å². The summed E-state index contributed by atoms with van der Waals surface area (Å²) in [5.41, 5.74) is -0.184. The second-order valence-electron chi connectivity index (χ2n) is 3.16. The molecular weight excluding hydrogens is 216 g/mol. The number of carbonyl (C=O) groups excluding carboxylic acids is 1. The number of alkyl halides is 1. The first-order chi connectivity index (χ1) is 7.19. The molecule has 5 heteroatoms. The SMILES string of the molecule is CCC(CCl)NC(=O)c1c[nH]ccc1=O. The second kappa shape index (κ2) is 5.56. The zero-order chi connectivity index (χ0) is 11.3. The van der Waals surface area contributed by atoms with Gasteiger partial charge < -0.3 is 10.3 Å². The lowest BCUT2D eigenvalue weighted by molar-refractivity contribution is 0.0938. The Balaban J connectivity index is 2.78. The Bertz CT molecular complexity index is 385. The van der Waals surface area contributed by atoms with E-state index in [9.17, 15) is 9.59 Å². The molecule has 1 aromatic rings. The predicted molar refractivity (Wildman–Crippen MR) is 59.3 cm³/mol. The number of halogens is 1. The number of aromatic amines is 1. The zero-order valence-corrected chi connectivity index (χ0v) is 9.17. The maximum absolute atomic E-state index is 11.6. The van der Waals surface area contributed by atoms with Crippen molar-refractivity contribution >= 4 is 17.5 Å². The fraction of sp³-hybridized carbons (Fsp3) is 0.400. The highest BCUT2D eigenvalue weighted by Crippen LogP contribution is 1.96. The van der Waals surface area contributed by atoms with Crippen LogP contribution < -0.4 is 10.7 Å². The molecule has 1 atom stereocenters. The highest BCUT2D eigenvalue weighted by Gasteiger charge is 2.13. The van der Waals surface area contributed by atoms with Crippen LogP contribution in [0.15, 0.2) is 23.3 Å². The number of hydrogen-bond acceptors (Lipinski definition) is 2. The third kappa shape index (κ3) is 3.09. The van der Waals surface area contributed by atoms with E-state index in [0.29, 0.717) is 5.88 Å². The normalized spacial score (nSPS) is 12.1. The minimum atomic E-state index is -0.385. The fourth-order valence-corrected chi connectivity index (χ4v) is 1.40. The molecule has 0 aliphatic rings. The third-order valence-electron chi connectivity index (χ3n) is 2.08. The Hall–Kier alpha value is -1.29. The molecule has 1 rings (SSSR count). The van der Waals surface area contributed by atoms with Crippen molar-refractivity contribution < 1.29 is 4.79 Å². The van der Waals surface area contributed by atoms with Gasteiger partial charge in [-0.25, -0.2) is 0 Å². The van der Waals surface area contributed by atoms with E-state index in [2.05, 4.69) is 10.3 Å². The summed E-state index contributed by atoms with van der Waals surface area (Å²) >= 11 is 5.64. The van der Waals surface area contributed by atoms with E-state index in [0.717, 1.165) is 6.42 Å². The predicted octanol–water partition coefficient (Wildman–Crippen LogP) is 1.12. The van der Waals surface area contributed by atoms with Gasteiger partial charge in [0.1, 0.15) is 5.56 Å². The summed E-state index contributed by atoms with van der Waals surface area (Å²) < 4.78 is 0. The minimum Gasteiger partial charge on any atom is -0.367 e. The topological polar surface area (TPSA) is 62.0 Å². The molecule has 0 aromatic carbocycles. The maximum Gasteiger partial charge on any atom is 0.256 e. The number of carbonyl (C=O) groups is 1. The minimum absolute atomic E-state index is 0.0984. The Labute approximate surface area is 92.7 Å². The molecule has 0 aliphatic heterocycles. The average molecular weight is 229 g/mol. The zero-order valence-electron chi connectivity index (χ0n) is 8.42. The molecular formula is C10H13ClN2O2. The van der Waals surface area contributed by atoms with E-state index in [1.54, 1.807) is 0 Å². The summed E-state index contributed by atoms with van der Waals surface area (Å²) in [6.07, 6.45) is 3.61. The lowest BCUT2D eigenvalue weighted by atomic mass is 10.2. The van der Waals surface area contributed by atoms with Crippen molar-refractivity contribution in [3.05, 3.63) is 34.2 Å². The van der Waals surface area contributed by atoms with Crippen molar-refractivity contribution in [3.8, 4) is 0 Å². The van der Waals surface area contributed by atoms with Crippen LogP contribution in [-0.2, 0) is 0 Å². The van der Waals surface area contributed by atoms with Gasteiger partial charge >= 0.3 is 0 Å². The summed E-state index contributed by atoms with van der Waals surface area (Å²) in [5, 5.41) is 2.68. The van der Waals surface area contributed by atoms with E-state index in [-0.39, 0.29) is 22.9 Å². The van der Waals surface area contributed by atoms with Gasteiger partial charge in [0.2, 0.25) is 0 Å². The van der Waals surface area contributed by atoms with Crippen LogP contribution in [0.2, 0.25) is 0 Å². The summed E-state index contributed by atoms with van der Waals surface area (Å²) in [5.74, 6) is -0.0446. The van der Waals surface area contributed by atoms with Gasteiger partial charge in [0.15, 0.2) is 5.43 Å². The summed E-state index contributed by atoms with van der Waals surface area (Å²) in [7, 11) is 0. The van der Waals surface area contributed by atoms with Gasteiger partial charge in [0, 0.05) is 30.4 Å². The van der Waals surface area contributed by atoms with Crippen LogP contribution in [-0.4, -0.2) is 22.8 Å². The molecule has 15 heavy (non-hydrogen) atoms. The molecule has 0 fully saturated rings. The molecule has 1 unspecified atom stereocenters. The van der Waals surface area contributed by atoms with Crippen LogP contribution >= 0.6 is 11.6 Å². The number of amides is 1. The Morgan fingerprint density at radius 3 is 2.93 bits per heavy atom. The quantitative estimate of drug-likeness (QED) is 0.759. The molecule has 0 spiro atoms. The smallest absolute Gasteiger partial charge is 0.256 e. The van der Waals surface area contributed by atoms with Crippen LogP contribution in [0.25, 0.3) is 0 Å². The molecule has 0 saturated heterocycles. The average Bonchev–Trinajstić information content (AvgIpc) is 2.26. The molecule has 0 aliphatic carbocycles. The molecule has 1 amide bonds. The molecule has 82 valence electrons. The van der Waals surface area contributed by atoms with Gasteiger partial charge in [0.25, 0.3) is 5.91 Å². The molecule has 4 nitrogen and oxygen atoms in total. The number of rotatable bonds is 4. The molecule has 0 saturated carbocycles. The van der Waals surface area contributed by atoms with Crippen LogP contribution in [0.3, 0.4) is 0 Å². The van der Waals surface area contributed by atoms with E-state index in [4.69, 9.17) is 11.6 Å². The summed E-state index contributed by atoms with van der Waals surface area (Å²) in [6.45, 7) is 1.92. The first-order valence-corrected chi connectivity index (χ1v) is 5.26. The van der Waals surface area contributed by atoms with Gasteiger partial charge in [-0.05, 0) is 6.42 Å². The Kier molecular flexibility index (Phi) is 4.37. The van der Waals surface area contributed by atoms with Crippen LogP contribution in [0.1, 0.15) is 23.7 Å². The van der Waals surface area contributed by atoms with Crippen LogP contribution in [0, 0.1) is 0 Å². The van der Waals surface area contributed by atoms with Crippen molar-refractivity contribution in [2.45, 2.75) is 19.4 Å². The maximum atomic E-state index is 11.6. The molecule has 2 N–H and O–H groups in total. The van der Waals surface area contributed by atoms with Crippen molar-refractivity contribution in [2.24, 2.45) is 0 Å². The number of aromatic nitrogens is 1. The largest absolute Gasteiger partial charge is 0.367 e. The van der Waals surface area contributed by atoms with Crippen LogP contribution in [0.5, 0.6) is 0 Å². The Morgan fingerprint density at radius 2 is 2.40 bits per heavy atom. The highest BCUT2D eigenvalue weighted by molar-refractivity contribution is 6.18. The molecule has 1 heterocycles. The fourth-order valence-electron chi connectivity index (χ4n) is 1.11. The number of pyridine rings is 1. The first-order valence-electron chi connectivity index (χ1n) is 4.73. The Morgan fingerprint density at radius 1 is 1.67 bits per heavy atom. The molecule has 0 bridgehead atoms. The third-order valence-corrected chi connectivity index (χ3v) is 2.46. The van der Waals surface area contributed by atoms with Gasteiger partial charge in [-0.1, -0.05) is 6.92 Å². The van der Waals surface area contributed by atoms with Crippen LogP contribution in [0.4, 0.5) is 0 Å². The number of nitrogens with one attached hydrogen (secondary N) is 2. The standard InChI is InChI=1S/C10H13ClN2O2/c1-2-7(5-11)13-10(15)8-6-12-4-3-9(8)14/h3-4,6-7H,2,5H2,1H3,(H,12,14)(H,13,15). The lowest BCUT2D eigenvalue weighted by Crippen LogP contribution is -2.37. The van der Waals surface area contributed by atoms with Crippen molar-refractivity contribution in [1.29, 1.82) is 0 Å². The van der Waals surface area contributed by atoms with E-state index >= 15 is 0 Å². The van der Waals surface area contributed by atoms with Gasteiger partial charge in [-0.3, -0.25) is 9.59 Å². The highest BCUT2D eigenvalue weighted by atomic mass is 35.5. The lowest BCUT2D eigenvalue weighted by Gasteiger charge is -2.12. The second-order valence-corrected chi connectivity index (χ2v) is 3.46. The monoisotopic (exact) mass is 228 g/mol. The van der Waals surface area contributed by atoms with Crippen molar-refractivity contribution in [3.63, 3.8) is 0 Å². The first kappa shape index (κ1) is 11.8. The summed E-state index contributed by atoms with van der Waals surface area (Å²) in [4.78, 5) is 25.6. The van der Waals surface area contributed by atoms with E-state index in [1.807, 2.05) is 6.92 Å². The van der Waals surface area contributed by atoms with Crippen molar-refractivity contribution in [1.82, 2.24) is 10.3 Å². The molecule has 0 radical (unpaired) electrons. The van der Waals surface area contributed by atoms with Gasteiger partial charge in [0.05, 0.1) is 0 Å². The molecule has 1 aromatic heterocycles. The van der Waals surface area contributed by atoms with E-state index in [1.165, 1.54) is 18.5 Å². The van der Waals surface area contributed by atoms with Crippen molar-refractivity contribution in [2.75, 3.05) is 5.88 Å².